The number of rotatable bonds is 9. The van der Waals surface area contributed by atoms with Gasteiger partial charge in [-0.05, 0) is 68.0 Å². The molecule has 1 amide bonds. The summed E-state index contributed by atoms with van der Waals surface area (Å²) >= 11 is 0. The Morgan fingerprint density at radius 3 is 2.20 bits per heavy atom. The quantitative estimate of drug-likeness (QED) is 0.317. The van der Waals surface area contributed by atoms with Gasteiger partial charge >= 0.3 is 5.69 Å². The Kier molecular flexibility index (Phi) is 8.59. The lowest BCUT2D eigenvalue weighted by Crippen LogP contribution is -2.42. The van der Waals surface area contributed by atoms with Crippen molar-refractivity contribution in [2.24, 2.45) is 5.92 Å². The summed E-state index contributed by atoms with van der Waals surface area (Å²) in [5.41, 5.74) is 3.92. The van der Waals surface area contributed by atoms with Crippen molar-refractivity contribution >= 4 is 17.7 Å². The van der Waals surface area contributed by atoms with Crippen molar-refractivity contribution in [2.45, 2.75) is 45.2 Å². The Morgan fingerprint density at radius 1 is 0.925 bits per heavy atom. The van der Waals surface area contributed by atoms with Gasteiger partial charge in [-0.1, -0.05) is 72.8 Å². The monoisotopic (exact) mass is 535 g/mol. The number of nitrogens with one attached hydrogen (secondary N) is 1. The molecule has 7 nitrogen and oxygen atoms in total. The van der Waals surface area contributed by atoms with Crippen molar-refractivity contribution in [3.8, 4) is 5.69 Å². The average molecular weight is 536 g/mol. The maximum absolute atomic E-state index is 13.2. The molecule has 1 aliphatic rings. The smallest absolute Gasteiger partial charge is 0.350 e. The number of hydrogen-bond acceptors (Lipinski definition) is 4. The highest BCUT2D eigenvalue weighted by Crippen LogP contribution is 2.34. The Bertz CT molecular complexity index is 1460. The SMILES string of the molecule is CC(C)NC(=O)C(c1ccccc1)C1CCN(c2ccc(-n3cnn(CC=Cc4ccccc4)c3=O)cc2)CC1. The van der Waals surface area contributed by atoms with E-state index in [9.17, 15) is 9.59 Å². The summed E-state index contributed by atoms with van der Waals surface area (Å²) in [5.74, 6) is 0.265. The summed E-state index contributed by atoms with van der Waals surface area (Å²) in [5, 5.41) is 7.43. The van der Waals surface area contributed by atoms with Crippen LogP contribution in [0.4, 0.5) is 5.69 Å². The van der Waals surface area contributed by atoms with Gasteiger partial charge in [0.25, 0.3) is 0 Å². The summed E-state index contributed by atoms with van der Waals surface area (Å²) in [6.45, 7) is 6.19. The molecule has 0 radical (unpaired) electrons. The third kappa shape index (κ3) is 6.42. The van der Waals surface area contributed by atoms with Crippen molar-refractivity contribution in [3.05, 3.63) is 119 Å². The second-order valence-electron chi connectivity index (χ2n) is 10.7. The van der Waals surface area contributed by atoms with Gasteiger partial charge in [-0.15, -0.1) is 0 Å². The summed E-state index contributed by atoms with van der Waals surface area (Å²) < 4.78 is 3.03. The lowest BCUT2D eigenvalue weighted by Gasteiger charge is -2.37. The molecule has 1 saturated heterocycles. The Morgan fingerprint density at radius 2 is 1.55 bits per heavy atom. The van der Waals surface area contributed by atoms with Gasteiger partial charge in [-0.25, -0.2) is 14.0 Å². The van der Waals surface area contributed by atoms with E-state index in [0.29, 0.717) is 6.54 Å². The van der Waals surface area contributed by atoms with Crippen molar-refractivity contribution in [2.75, 3.05) is 18.0 Å². The second-order valence-corrected chi connectivity index (χ2v) is 10.7. The minimum atomic E-state index is -0.169. The summed E-state index contributed by atoms with van der Waals surface area (Å²) in [6, 6.07) is 28.3. The first-order valence-corrected chi connectivity index (χ1v) is 14.1. The lowest BCUT2D eigenvalue weighted by molar-refractivity contribution is -0.124. The van der Waals surface area contributed by atoms with Crippen LogP contribution in [0.5, 0.6) is 0 Å². The largest absolute Gasteiger partial charge is 0.372 e. The number of aromatic nitrogens is 3. The maximum atomic E-state index is 13.2. The van der Waals surface area contributed by atoms with Crippen LogP contribution in [0.15, 0.2) is 102 Å². The summed E-state index contributed by atoms with van der Waals surface area (Å²) in [7, 11) is 0. The van der Waals surface area contributed by atoms with E-state index in [1.54, 1.807) is 10.9 Å². The summed E-state index contributed by atoms with van der Waals surface area (Å²) in [6.07, 6.45) is 7.38. The molecule has 1 unspecified atom stereocenters. The first-order valence-electron chi connectivity index (χ1n) is 14.1. The zero-order chi connectivity index (χ0) is 27.9. The predicted octanol–water partition coefficient (Wildman–Crippen LogP) is 5.27. The van der Waals surface area contributed by atoms with E-state index < -0.39 is 0 Å². The fraction of sp³-hybridized carbons (Fsp3) is 0.303. The minimum Gasteiger partial charge on any atom is -0.372 e. The number of amides is 1. The first-order chi connectivity index (χ1) is 19.5. The average Bonchev–Trinajstić information content (AvgIpc) is 3.34. The number of carbonyl (C=O) groups excluding carboxylic acids is 1. The Hall–Kier alpha value is -4.39. The molecule has 1 fully saturated rings. The van der Waals surface area contributed by atoms with Gasteiger partial charge in [0.2, 0.25) is 5.91 Å². The molecule has 0 spiro atoms. The molecule has 40 heavy (non-hydrogen) atoms. The Balaban J connectivity index is 1.22. The Labute approximate surface area is 235 Å². The fourth-order valence-corrected chi connectivity index (χ4v) is 5.48. The second kappa shape index (κ2) is 12.6. The van der Waals surface area contributed by atoms with Gasteiger partial charge in [-0.3, -0.25) is 4.79 Å². The minimum absolute atomic E-state index is 0.114. The molecule has 1 atom stereocenters. The maximum Gasteiger partial charge on any atom is 0.350 e. The van der Waals surface area contributed by atoms with Crippen LogP contribution >= 0.6 is 0 Å². The molecule has 0 bridgehead atoms. The molecular formula is C33H37N5O2. The molecule has 0 saturated carbocycles. The van der Waals surface area contributed by atoms with Crippen LogP contribution in [0.25, 0.3) is 11.8 Å². The highest BCUT2D eigenvalue weighted by atomic mass is 16.2. The zero-order valence-corrected chi connectivity index (χ0v) is 23.2. The molecular weight excluding hydrogens is 498 g/mol. The van der Waals surface area contributed by atoms with Crippen LogP contribution < -0.4 is 15.9 Å². The third-order valence-corrected chi connectivity index (χ3v) is 7.50. The molecule has 7 heteroatoms. The third-order valence-electron chi connectivity index (χ3n) is 7.50. The van der Waals surface area contributed by atoms with Crippen LogP contribution in [0.2, 0.25) is 0 Å². The van der Waals surface area contributed by atoms with E-state index in [1.807, 2.05) is 86.7 Å². The molecule has 3 aromatic carbocycles. The van der Waals surface area contributed by atoms with Crippen LogP contribution in [-0.4, -0.2) is 39.4 Å². The highest BCUT2D eigenvalue weighted by Gasteiger charge is 2.33. The van der Waals surface area contributed by atoms with E-state index in [-0.39, 0.29) is 29.5 Å². The number of nitrogens with zero attached hydrogens (tertiary/aromatic N) is 4. The van der Waals surface area contributed by atoms with E-state index in [1.165, 1.54) is 4.68 Å². The number of piperidine rings is 1. The van der Waals surface area contributed by atoms with E-state index in [4.69, 9.17) is 0 Å². The molecule has 1 aliphatic heterocycles. The van der Waals surface area contributed by atoms with E-state index in [0.717, 1.165) is 48.4 Å². The number of allylic oxidation sites excluding steroid dienone is 1. The number of carbonyl (C=O) groups is 1. The molecule has 5 rings (SSSR count). The van der Waals surface area contributed by atoms with Crippen LogP contribution in [0.1, 0.15) is 43.7 Å². The van der Waals surface area contributed by atoms with Crippen LogP contribution in [0.3, 0.4) is 0 Å². The lowest BCUT2D eigenvalue weighted by atomic mass is 9.79. The molecule has 1 N–H and O–H groups in total. The topological polar surface area (TPSA) is 72.2 Å². The van der Waals surface area contributed by atoms with Gasteiger partial charge < -0.3 is 10.2 Å². The van der Waals surface area contributed by atoms with Gasteiger partial charge in [0.15, 0.2) is 0 Å². The normalized spacial score (nSPS) is 15.0. The number of hydrogen-bond donors (Lipinski definition) is 1. The van der Waals surface area contributed by atoms with Crippen molar-refractivity contribution < 1.29 is 4.79 Å². The van der Waals surface area contributed by atoms with Gasteiger partial charge in [0.05, 0.1) is 18.2 Å². The van der Waals surface area contributed by atoms with Gasteiger partial charge in [0.1, 0.15) is 6.33 Å². The van der Waals surface area contributed by atoms with Crippen molar-refractivity contribution in [1.82, 2.24) is 19.7 Å². The van der Waals surface area contributed by atoms with Gasteiger partial charge in [-0.2, -0.15) is 5.10 Å². The van der Waals surface area contributed by atoms with Crippen LogP contribution in [-0.2, 0) is 11.3 Å². The molecule has 0 aliphatic carbocycles. The fourth-order valence-electron chi connectivity index (χ4n) is 5.48. The summed E-state index contributed by atoms with van der Waals surface area (Å²) in [4.78, 5) is 28.5. The zero-order valence-electron chi connectivity index (χ0n) is 23.2. The standard InChI is InChI=1S/C33H37N5O2/c1-25(2)35-32(39)31(27-13-7-4-8-14-27)28-19-22-36(23-20-28)29-15-17-30(18-16-29)37-24-34-38(33(37)40)21-9-12-26-10-5-3-6-11-26/h3-18,24-25,28,31H,19-23H2,1-2H3,(H,35,39). The molecule has 1 aromatic heterocycles. The highest BCUT2D eigenvalue weighted by molar-refractivity contribution is 5.84. The van der Waals surface area contributed by atoms with Crippen LogP contribution in [0, 0.1) is 5.92 Å². The van der Waals surface area contributed by atoms with Crippen molar-refractivity contribution in [3.63, 3.8) is 0 Å². The van der Waals surface area contributed by atoms with E-state index in [2.05, 4.69) is 39.6 Å². The number of anilines is 1. The number of benzene rings is 3. The first kappa shape index (κ1) is 27.2. The van der Waals surface area contributed by atoms with Gasteiger partial charge in [0, 0.05) is 24.8 Å². The molecule has 4 aromatic rings. The molecule has 206 valence electrons. The van der Waals surface area contributed by atoms with Crippen molar-refractivity contribution in [1.29, 1.82) is 0 Å². The molecule has 2 heterocycles. The predicted molar refractivity (Wildman–Crippen MR) is 161 cm³/mol. The van der Waals surface area contributed by atoms with E-state index >= 15 is 0 Å².